The van der Waals surface area contributed by atoms with E-state index in [1.807, 2.05) is 0 Å². The van der Waals surface area contributed by atoms with Gasteiger partial charge in [-0.15, -0.1) is 0 Å². The lowest BCUT2D eigenvalue weighted by Crippen LogP contribution is -2.46. The summed E-state index contributed by atoms with van der Waals surface area (Å²) in [6.07, 6.45) is 55.3. The molecule has 0 aromatic heterocycles. The summed E-state index contributed by atoms with van der Waals surface area (Å²) in [6, 6.07) is -0.709. The Balaban J connectivity index is 4.55. The molecule has 6 heteroatoms. The second-order valence-corrected chi connectivity index (χ2v) is 18.3. The maximum Gasteiger partial charge on any atom is 0.306 e. The van der Waals surface area contributed by atoms with Crippen LogP contribution in [0.3, 0.4) is 0 Å². The SMILES string of the molecule is CCCCCCCCC/C=C\CCCCCC(=O)OC(CCC/C=C\CCCCCCCCC)CC(=O)NC(CO)C(O)CCCCCCCCCCCCCCCCC. The normalized spacial score (nSPS) is 13.3. The molecule has 1 amide bonds. The van der Waals surface area contributed by atoms with Gasteiger partial charge in [0.2, 0.25) is 5.91 Å². The molecule has 6 nitrogen and oxygen atoms in total. The van der Waals surface area contributed by atoms with Crippen LogP contribution in [-0.4, -0.2) is 46.9 Å². The minimum absolute atomic E-state index is 0.0548. The van der Waals surface area contributed by atoms with Crippen molar-refractivity contribution in [2.75, 3.05) is 6.61 Å². The number of aliphatic hydroxyl groups excluding tert-OH is 2. The molecule has 3 unspecified atom stereocenters. The highest BCUT2D eigenvalue weighted by atomic mass is 16.5. The first-order valence-electron chi connectivity index (χ1n) is 26.6. The molecule has 3 N–H and O–H groups in total. The number of hydrogen-bond donors (Lipinski definition) is 3. The number of hydrogen-bond acceptors (Lipinski definition) is 5. The molecule has 0 bridgehead atoms. The average Bonchev–Trinajstić information content (AvgIpc) is 3.24. The van der Waals surface area contributed by atoms with Crippen LogP contribution in [-0.2, 0) is 14.3 Å². The maximum absolute atomic E-state index is 13.2. The molecule has 0 aliphatic rings. The van der Waals surface area contributed by atoms with Crippen molar-refractivity contribution >= 4 is 11.9 Å². The Labute approximate surface area is 373 Å². The molecule has 3 atom stereocenters. The Morgan fingerprint density at radius 2 is 0.817 bits per heavy atom. The van der Waals surface area contributed by atoms with Gasteiger partial charge < -0.3 is 20.3 Å². The number of allylic oxidation sites excluding steroid dienone is 4. The standard InChI is InChI=1S/C54H103NO5/c1-4-7-10-13-16-19-22-25-27-28-31-34-37-40-43-46-52(57)51(49-56)55-53(58)48-50(45-42-39-36-33-30-24-21-18-15-12-9-6-3)60-54(59)47-44-41-38-35-32-29-26-23-20-17-14-11-8-5-2/h29,32-33,36,50-52,56-57H,4-28,30-31,34-35,37-49H2,1-3H3,(H,55,58)/b32-29-,36-33-. The van der Waals surface area contributed by atoms with E-state index in [1.165, 1.54) is 173 Å². The van der Waals surface area contributed by atoms with Crippen molar-refractivity contribution in [3.8, 4) is 0 Å². The summed E-state index contributed by atoms with van der Waals surface area (Å²) < 4.78 is 5.91. The molecule has 0 radical (unpaired) electrons. The summed E-state index contributed by atoms with van der Waals surface area (Å²) >= 11 is 0. The quantitative estimate of drug-likeness (QED) is 0.0322. The number of carbonyl (C=O) groups excluding carboxylic acids is 2. The highest BCUT2D eigenvalue weighted by Gasteiger charge is 2.24. The first-order valence-corrected chi connectivity index (χ1v) is 26.6. The van der Waals surface area contributed by atoms with Gasteiger partial charge in [0.25, 0.3) is 0 Å². The molecule has 60 heavy (non-hydrogen) atoms. The molecule has 0 aliphatic carbocycles. The zero-order chi connectivity index (χ0) is 43.8. The van der Waals surface area contributed by atoms with Crippen molar-refractivity contribution in [1.29, 1.82) is 0 Å². The van der Waals surface area contributed by atoms with E-state index < -0.39 is 18.2 Å². The van der Waals surface area contributed by atoms with Crippen LogP contribution >= 0.6 is 0 Å². The predicted octanol–water partition coefficient (Wildman–Crippen LogP) is 15.9. The van der Waals surface area contributed by atoms with E-state index in [0.29, 0.717) is 19.3 Å². The molecule has 0 rings (SSSR count). The van der Waals surface area contributed by atoms with Crippen molar-refractivity contribution < 1.29 is 24.5 Å². The molecule has 0 saturated heterocycles. The minimum atomic E-state index is -0.793. The van der Waals surface area contributed by atoms with Gasteiger partial charge in [-0.1, -0.05) is 225 Å². The summed E-state index contributed by atoms with van der Waals surface area (Å²) in [6.45, 7) is 6.48. The molecule has 0 saturated carbocycles. The van der Waals surface area contributed by atoms with Crippen molar-refractivity contribution in [2.24, 2.45) is 0 Å². The number of carbonyl (C=O) groups is 2. The highest BCUT2D eigenvalue weighted by molar-refractivity contribution is 5.77. The maximum atomic E-state index is 13.2. The Kier molecular flexibility index (Phi) is 47.0. The molecular formula is C54H103NO5. The third-order valence-corrected chi connectivity index (χ3v) is 12.3. The smallest absolute Gasteiger partial charge is 0.306 e. The lowest BCUT2D eigenvalue weighted by atomic mass is 10.0. The van der Waals surface area contributed by atoms with Crippen molar-refractivity contribution in [2.45, 2.75) is 302 Å². The Hall–Kier alpha value is -1.66. The van der Waals surface area contributed by atoms with Crippen LogP contribution in [0.5, 0.6) is 0 Å². The molecule has 0 aromatic rings. The van der Waals surface area contributed by atoms with Crippen LogP contribution in [0.4, 0.5) is 0 Å². The number of nitrogens with one attached hydrogen (secondary N) is 1. The van der Waals surface area contributed by atoms with E-state index in [4.69, 9.17) is 4.74 Å². The zero-order valence-corrected chi connectivity index (χ0v) is 40.4. The largest absolute Gasteiger partial charge is 0.462 e. The average molecular weight is 846 g/mol. The molecule has 0 aromatic carbocycles. The van der Waals surface area contributed by atoms with Gasteiger partial charge in [-0.05, 0) is 70.6 Å². The Morgan fingerprint density at radius 1 is 0.467 bits per heavy atom. The van der Waals surface area contributed by atoms with E-state index >= 15 is 0 Å². The fourth-order valence-electron chi connectivity index (χ4n) is 8.19. The molecular weight excluding hydrogens is 743 g/mol. The highest BCUT2D eigenvalue weighted by Crippen LogP contribution is 2.17. The number of rotatable bonds is 48. The van der Waals surface area contributed by atoms with E-state index in [-0.39, 0.29) is 24.9 Å². The second-order valence-electron chi connectivity index (χ2n) is 18.3. The van der Waals surface area contributed by atoms with E-state index in [2.05, 4.69) is 50.4 Å². The fourth-order valence-corrected chi connectivity index (χ4v) is 8.19. The monoisotopic (exact) mass is 846 g/mol. The summed E-state index contributed by atoms with van der Waals surface area (Å²) in [7, 11) is 0. The van der Waals surface area contributed by atoms with Gasteiger partial charge >= 0.3 is 5.97 Å². The topological polar surface area (TPSA) is 95.9 Å². The summed E-state index contributed by atoms with van der Waals surface area (Å²) in [5.41, 5.74) is 0. The van der Waals surface area contributed by atoms with E-state index in [9.17, 15) is 19.8 Å². The van der Waals surface area contributed by atoms with Gasteiger partial charge in [0.05, 0.1) is 25.2 Å². The zero-order valence-electron chi connectivity index (χ0n) is 40.4. The third-order valence-electron chi connectivity index (χ3n) is 12.3. The third kappa shape index (κ3) is 43.0. The number of ether oxygens (including phenoxy) is 1. The lowest BCUT2D eigenvalue weighted by Gasteiger charge is -2.24. The van der Waals surface area contributed by atoms with Crippen LogP contribution in [0, 0.1) is 0 Å². The molecule has 354 valence electrons. The number of unbranched alkanes of at least 4 members (excludes halogenated alkanes) is 32. The van der Waals surface area contributed by atoms with Crippen molar-refractivity contribution in [1.82, 2.24) is 5.32 Å². The van der Waals surface area contributed by atoms with Crippen LogP contribution in [0.15, 0.2) is 24.3 Å². The predicted molar refractivity (Wildman–Crippen MR) is 260 cm³/mol. The minimum Gasteiger partial charge on any atom is -0.462 e. The molecule has 0 spiro atoms. The number of aliphatic hydroxyl groups is 2. The van der Waals surface area contributed by atoms with Gasteiger partial charge in [0, 0.05) is 6.42 Å². The van der Waals surface area contributed by atoms with E-state index in [0.717, 1.165) is 64.2 Å². The van der Waals surface area contributed by atoms with Gasteiger partial charge in [0.15, 0.2) is 0 Å². The Bertz CT molecular complexity index is 950. The first-order chi connectivity index (χ1) is 29.5. The van der Waals surface area contributed by atoms with Crippen molar-refractivity contribution in [3.63, 3.8) is 0 Å². The fraction of sp³-hybridized carbons (Fsp3) is 0.889. The number of esters is 1. The van der Waals surface area contributed by atoms with Crippen LogP contribution in [0.1, 0.15) is 284 Å². The van der Waals surface area contributed by atoms with Crippen LogP contribution < -0.4 is 5.32 Å². The van der Waals surface area contributed by atoms with Gasteiger partial charge in [0.1, 0.15) is 6.10 Å². The van der Waals surface area contributed by atoms with Crippen molar-refractivity contribution in [3.05, 3.63) is 24.3 Å². The number of amides is 1. The summed E-state index contributed by atoms with van der Waals surface area (Å²) in [4.78, 5) is 26.1. The second kappa shape index (κ2) is 48.4. The first kappa shape index (κ1) is 58.3. The summed E-state index contributed by atoms with van der Waals surface area (Å²) in [5, 5.41) is 23.8. The molecule has 0 aliphatic heterocycles. The Morgan fingerprint density at radius 3 is 1.22 bits per heavy atom. The van der Waals surface area contributed by atoms with Crippen LogP contribution in [0.2, 0.25) is 0 Å². The summed E-state index contributed by atoms with van der Waals surface area (Å²) in [5.74, 6) is -0.510. The van der Waals surface area contributed by atoms with E-state index in [1.54, 1.807) is 0 Å². The molecule has 0 fully saturated rings. The van der Waals surface area contributed by atoms with Gasteiger partial charge in [-0.3, -0.25) is 9.59 Å². The van der Waals surface area contributed by atoms with Gasteiger partial charge in [-0.2, -0.15) is 0 Å². The lowest BCUT2D eigenvalue weighted by molar-refractivity contribution is -0.151. The molecule has 0 heterocycles. The van der Waals surface area contributed by atoms with Gasteiger partial charge in [-0.25, -0.2) is 0 Å². The van der Waals surface area contributed by atoms with Crippen LogP contribution in [0.25, 0.3) is 0 Å².